The SMILES string of the molecule is CCCn1c(CCC(=O)NNC(=O)Cc2ccc(Cl)cc2)nc2cc(S(N)(=O)=O)ccc21. The van der Waals surface area contributed by atoms with Crippen LogP contribution in [0.1, 0.15) is 31.2 Å². The van der Waals surface area contributed by atoms with Crippen LogP contribution in [0.4, 0.5) is 0 Å². The lowest BCUT2D eigenvalue weighted by Gasteiger charge is -2.09. The molecule has 1 aromatic heterocycles. The zero-order chi connectivity index (χ0) is 23.3. The summed E-state index contributed by atoms with van der Waals surface area (Å²) in [6, 6.07) is 11.4. The largest absolute Gasteiger partial charge is 0.328 e. The summed E-state index contributed by atoms with van der Waals surface area (Å²) in [4.78, 5) is 28.7. The summed E-state index contributed by atoms with van der Waals surface area (Å²) in [5, 5.41) is 5.79. The van der Waals surface area contributed by atoms with Gasteiger partial charge in [-0.1, -0.05) is 30.7 Å². The van der Waals surface area contributed by atoms with Gasteiger partial charge in [-0.15, -0.1) is 0 Å². The molecule has 11 heteroatoms. The molecule has 0 spiro atoms. The number of nitrogens with one attached hydrogen (secondary N) is 2. The molecule has 3 aromatic rings. The van der Waals surface area contributed by atoms with Gasteiger partial charge in [0.1, 0.15) is 5.82 Å². The van der Waals surface area contributed by atoms with Crippen LogP contribution in [-0.4, -0.2) is 29.8 Å². The van der Waals surface area contributed by atoms with E-state index in [0.29, 0.717) is 29.3 Å². The number of carbonyl (C=O) groups excluding carboxylic acids is 2. The van der Waals surface area contributed by atoms with E-state index < -0.39 is 10.0 Å². The maximum absolute atomic E-state index is 12.2. The average Bonchev–Trinajstić information content (AvgIpc) is 3.09. The number of fused-ring (bicyclic) bond motifs is 1. The molecule has 0 radical (unpaired) electrons. The van der Waals surface area contributed by atoms with Gasteiger partial charge in [0.25, 0.3) is 0 Å². The van der Waals surface area contributed by atoms with Crippen molar-refractivity contribution in [2.75, 3.05) is 0 Å². The van der Waals surface area contributed by atoms with Crippen LogP contribution in [0, 0.1) is 0 Å². The molecule has 0 aliphatic rings. The van der Waals surface area contributed by atoms with Gasteiger partial charge < -0.3 is 4.57 Å². The molecule has 0 aliphatic heterocycles. The van der Waals surface area contributed by atoms with Crippen LogP contribution >= 0.6 is 11.6 Å². The highest BCUT2D eigenvalue weighted by Gasteiger charge is 2.15. The third kappa shape index (κ3) is 6.06. The number of nitrogens with zero attached hydrogens (tertiary/aromatic N) is 2. The monoisotopic (exact) mass is 477 g/mol. The number of nitrogens with two attached hydrogens (primary N) is 1. The molecule has 2 aromatic carbocycles. The van der Waals surface area contributed by atoms with E-state index in [9.17, 15) is 18.0 Å². The highest BCUT2D eigenvalue weighted by molar-refractivity contribution is 7.89. The van der Waals surface area contributed by atoms with Crippen molar-refractivity contribution in [2.24, 2.45) is 5.14 Å². The number of halogens is 1. The Morgan fingerprint density at radius 1 is 1.09 bits per heavy atom. The maximum atomic E-state index is 12.2. The summed E-state index contributed by atoms with van der Waals surface area (Å²) in [6.07, 6.45) is 1.35. The Labute approximate surface area is 191 Å². The molecule has 4 N–H and O–H groups in total. The molecule has 32 heavy (non-hydrogen) atoms. The van der Waals surface area contributed by atoms with E-state index in [0.717, 1.165) is 17.5 Å². The number of rotatable bonds is 8. The molecule has 0 atom stereocenters. The number of sulfonamides is 1. The van der Waals surface area contributed by atoms with Crippen molar-refractivity contribution in [1.29, 1.82) is 0 Å². The van der Waals surface area contributed by atoms with E-state index in [1.807, 2.05) is 11.5 Å². The maximum Gasteiger partial charge on any atom is 0.242 e. The number of hydrogen-bond acceptors (Lipinski definition) is 5. The summed E-state index contributed by atoms with van der Waals surface area (Å²) < 4.78 is 25.2. The van der Waals surface area contributed by atoms with Crippen LogP contribution in [0.3, 0.4) is 0 Å². The minimum atomic E-state index is -3.84. The number of aryl methyl sites for hydroxylation is 2. The first-order chi connectivity index (χ1) is 15.2. The van der Waals surface area contributed by atoms with Gasteiger partial charge in [-0.25, -0.2) is 18.5 Å². The molecule has 3 rings (SSSR count). The fourth-order valence-electron chi connectivity index (χ4n) is 3.26. The van der Waals surface area contributed by atoms with Gasteiger partial charge in [0.2, 0.25) is 21.8 Å². The summed E-state index contributed by atoms with van der Waals surface area (Å²) >= 11 is 5.82. The fraction of sp³-hybridized carbons (Fsp3) is 0.286. The van der Waals surface area contributed by atoms with Crippen molar-refractivity contribution in [3.8, 4) is 0 Å². The number of hydrogen-bond donors (Lipinski definition) is 3. The quantitative estimate of drug-likeness (QED) is 0.426. The molecule has 9 nitrogen and oxygen atoms in total. The molecule has 1 heterocycles. The van der Waals surface area contributed by atoms with Gasteiger partial charge >= 0.3 is 0 Å². The number of primary sulfonamides is 1. The number of amides is 2. The normalized spacial score (nSPS) is 11.5. The van der Waals surface area contributed by atoms with Crippen LogP contribution in [0.2, 0.25) is 5.02 Å². The van der Waals surface area contributed by atoms with Gasteiger partial charge in [0.05, 0.1) is 22.3 Å². The number of benzene rings is 2. The van der Waals surface area contributed by atoms with Crippen molar-refractivity contribution < 1.29 is 18.0 Å². The van der Waals surface area contributed by atoms with Gasteiger partial charge in [-0.05, 0) is 42.3 Å². The van der Waals surface area contributed by atoms with Gasteiger partial charge in [-0.2, -0.15) is 0 Å². The third-order valence-corrected chi connectivity index (χ3v) is 5.93. The van der Waals surface area contributed by atoms with Crippen molar-refractivity contribution in [1.82, 2.24) is 20.4 Å². The molecule has 0 unspecified atom stereocenters. The molecule has 170 valence electrons. The summed E-state index contributed by atoms with van der Waals surface area (Å²) in [5.74, 6) is -0.0692. The van der Waals surface area contributed by atoms with Crippen molar-refractivity contribution in [2.45, 2.75) is 44.0 Å². The Bertz CT molecular complexity index is 1240. The summed E-state index contributed by atoms with van der Waals surface area (Å²) in [6.45, 7) is 2.68. The van der Waals surface area contributed by atoms with Crippen LogP contribution in [0.5, 0.6) is 0 Å². The molecule has 0 fully saturated rings. The first-order valence-corrected chi connectivity index (χ1v) is 11.9. The van der Waals surface area contributed by atoms with Crippen LogP contribution in [-0.2, 0) is 39.0 Å². The molecule has 0 aliphatic carbocycles. The van der Waals surface area contributed by atoms with Crippen LogP contribution < -0.4 is 16.0 Å². The Kier molecular flexibility index (Phi) is 7.49. The molecule has 2 amide bonds. The second-order valence-corrected chi connectivity index (χ2v) is 9.27. The van der Waals surface area contributed by atoms with E-state index in [-0.39, 0.29) is 29.6 Å². The van der Waals surface area contributed by atoms with Crippen LogP contribution in [0.25, 0.3) is 11.0 Å². The summed E-state index contributed by atoms with van der Waals surface area (Å²) in [5.41, 5.74) is 6.83. The average molecular weight is 478 g/mol. The topological polar surface area (TPSA) is 136 Å². The second-order valence-electron chi connectivity index (χ2n) is 7.27. The van der Waals surface area contributed by atoms with Crippen molar-refractivity contribution in [3.05, 3.63) is 58.9 Å². The lowest BCUT2D eigenvalue weighted by atomic mass is 10.1. The van der Waals surface area contributed by atoms with E-state index >= 15 is 0 Å². The summed E-state index contributed by atoms with van der Waals surface area (Å²) in [7, 11) is -3.84. The third-order valence-electron chi connectivity index (χ3n) is 4.77. The molecule has 0 saturated heterocycles. The van der Waals surface area contributed by atoms with Gasteiger partial charge in [-0.3, -0.25) is 20.4 Å². The first kappa shape index (κ1) is 23.7. The van der Waals surface area contributed by atoms with E-state index in [2.05, 4.69) is 15.8 Å². The number of imidazole rings is 1. The zero-order valence-corrected chi connectivity index (χ0v) is 19.0. The highest BCUT2D eigenvalue weighted by Crippen LogP contribution is 2.21. The second kappa shape index (κ2) is 10.1. The molecule has 0 saturated carbocycles. The number of carbonyl (C=O) groups is 2. The Morgan fingerprint density at radius 2 is 1.78 bits per heavy atom. The zero-order valence-electron chi connectivity index (χ0n) is 17.5. The number of aromatic nitrogens is 2. The van der Waals surface area contributed by atoms with Gasteiger partial charge in [0, 0.05) is 24.4 Å². The van der Waals surface area contributed by atoms with E-state index in [1.54, 1.807) is 30.3 Å². The molecular weight excluding hydrogens is 454 g/mol. The minimum absolute atomic E-state index is 0.0150. The standard InChI is InChI=1S/C21H24ClN5O4S/c1-2-11-27-18-8-7-16(32(23,30)31)13-17(18)24-19(27)9-10-20(28)25-26-21(29)12-14-3-5-15(22)6-4-14/h3-8,13H,2,9-12H2,1H3,(H,25,28)(H,26,29)(H2,23,30,31). The van der Waals surface area contributed by atoms with E-state index in [1.165, 1.54) is 12.1 Å². The predicted molar refractivity (Wildman–Crippen MR) is 121 cm³/mol. The Morgan fingerprint density at radius 3 is 2.44 bits per heavy atom. The first-order valence-electron chi connectivity index (χ1n) is 10.0. The minimum Gasteiger partial charge on any atom is -0.328 e. The van der Waals surface area contributed by atoms with Crippen molar-refractivity contribution >= 4 is 44.5 Å². The molecule has 0 bridgehead atoms. The smallest absolute Gasteiger partial charge is 0.242 e. The Hall–Kier alpha value is -2.95. The predicted octanol–water partition coefficient (Wildman–Crippen LogP) is 2.07. The Balaban J connectivity index is 1.61. The number of hydrazine groups is 1. The van der Waals surface area contributed by atoms with E-state index in [4.69, 9.17) is 16.7 Å². The lowest BCUT2D eigenvalue weighted by Crippen LogP contribution is -2.42. The van der Waals surface area contributed by atoms with Gasteiger partial charge in [0.15, 0.2) is 0 Å². The highest BCUT2D eigenvalue weighted by atomic mass is 35.5. The van der Waals surface area contributed by atoms with Crippen molar-refractivity contribution in [3.63, 3.8) is 0 Å². The van der Waals surface area contributed by atoms with Crippen LogP contribution in [0.15, 0.2) is 47.4 Å². The molecular formula is C21H24ClN5O4S. The fourth-order valence-corrected chi connectivity index (χ4v) is 3.92. The lowest BCUT2D eigenvalue weighted by molar-refractivity contribution is -0.128.